The average Bonchev–Trinajstić information content (AvgIpc) is 3.18. The second-order valence-electron chi connectivity index (χ2n) is 5.68. The summed E-state index contributed by atoms with van der Waals surface area (Å²) in [6, 6.07) is 0. The van der Waals surface area contributed by atoms with Crippen LogP contribution in [0.3, 0.4) is 0 Å². The van der Waals surface area contributed by atoms with E-state index in [9.17, 15) is 0 Å². The molecule has 0 radical (unpaired) electrons. The quantitative estimate of drug-likeness (QED) is 0.629. The topological polar surface area (TPSA) is 12.4 Å². The minimum Gasteiger partial charge on any atom is -0.269 e. The summed E-state index contributed by atoms with van der Waals surface area (Å²) in [5.41, 5.74) is 3.97. The standard InChI is InChI=1S/C15H21N/c1-4-9(2)11-7-10(5-6-14(11)16-3)15-12-8-13(12)15/h10,12-13,15H,2-8H2,1H3. The first-order valence-corrected chi connectivity index (χ1v) is 6.63. The van der Waals surface area contributed by atoms with Gasteiger partial charge in [0.2, 0.25) is 0 Å². The van der Waals surface area contributed by atoms with E-state index in [1.165, 1.54) is 36.1 Å². The van der Waals surface area contributed by atoms with Crippen LogP contribution in [0.4, 0.5) is 0 Å². The number of hydrogen-bond acceptors (Lipinski definition) is 1. The number of allylic oxidation sites excluding steroid dienone is 3. The van der Waals surface area contributed by atoms with Crippen molar-refractivity contribution < 1.29 is 0 Å². The van der Waals surface area contributed by atoms with Crippen LogP contribution in [-0.4, -0.2) is 6.72 Å². The first-order chi connectivity index (χ1) is 7.76. The monoisotopic (exact) mass is 215 g/mol. The van der Waals surface area contributed by atoms with Crippen molar-refractivity contribution in [2.75, 3.05) is 0 Å². The van der Waals surface area contributed by atoms with Gasteiger partial charge in [-0.25, -0.2) is 0 Å². The van der Waals surface area contributed by atoms with E-state index in [4.69, 9.17) is 0 Å². The van der Waals surface area contributed by atoms with Gasteiger partial charge in [0.25, 0.3) is 0 Å². The van der Waals surface area contributed by atoms with E-state index in [1.807, 2.05) is 0 Å². The number of aliphatic imine (C=N–C) groups is 1. The molecular formula is C15H21N. The Bertz CT molecular complexity index is 369. The molecule has 3 rings (SSSR count). The zero-order valence-corrected chi connectivity index (χ0v) is 10.2. The van der Waals surface area contributed by atoms with Crippen LogP contribution in [0.5, 0.6) is 0 Å². The second kappa shape index (κ2) is 3.58. The molecule has 3 atom stereocenters. The van der Waals surface area contributed by atoms with E-state index in [0.29, 0.717) is 0 Å². The van der Waals surface area contributed by atoms with Crippen LogP contribution >= 0.6 is 0 Å². The van der Waals surface area contributed by atoms with Gasteiger partial charge in [-0.3, -0.25) is 4.99 Å². The molecule has 0 aromatic carbocycles. The summed E-state index contributed by atoms with van der Waals surface area (Å²) >= 11 is 0. The van der Waals surface area contributed by atoms with Crippen LogP contribution in [-0.2, 0) is 0 Å². The van der Waals surface area contributed by atoms with E-state index in [0.717, 1.165) is 36.5 Å². The molecule has 0 heterocycles. The summed E-state index contributed by atoms with van der Waals surface area (Å²) in [6.45, 7) is 10.1. The highest BCUT2D eigenvalue weighted by atomic mass is 14.7. The minimum atomic E-state index is 0.938. The van der Waals surface area contributed by atoms with E-state index in [-0.39, 0.29) is 0 Å². The highest BCUT2D eigenvalue weighted by molar-refractivity contribution is 5.40. The van der Waals surface area contributed by atoms with Crippen molar-refractivity contribution in [1.82, 2.24) is 0 Å². The molecule has 3 aliphatic rings. The highest BCUT2D eigenvalue weighted by Gasteiger charge is 2.66. The van der Waals surface area contributed by atoms with E-state index in [1.54, 1.807) is 0 Å². The fourth-order valence-corrected chi connectivity index (χ4v) is 3.55. The Kier molecular flexibility index (Phi) is 2.31. The Labute approximate surface area is 98.3 Å². The molecule has 16 heavy (non-hydrogen) atoms. The maximum Gasteiger partial charge on any atom is 0.0431 e. The zero-order valence-electron chi connectivity index (χ0n) is 10.2. The second-order valence-corrected chi connectivity index (χ2v) is 5.68. The maximum atomic E-state index is 4.21. The first-order valence-electron chi connectivity index (χ1n) is 6.63. The molecule has 2 fully saturated rings. The Hall–Kier alpha value is -0.850. The Balaban J connectivity index is 1.76. The molecule has 0 aliphatic heterocycles. The fourth-order valence-electron chi connectivity index (χ4n) is 3.55. The van der Waals surface area contributed by atoms with Crippen molar-refractivity contribution in [1.29, 1.82) is 0 Å². The molecule has 0 bridgehead atoms. The van der Waals surface area contributed by atoms with Gasteiger partial charge < -0.3 is 0 Å². The molecule has 0 saturated heterocycles. The van der Waals surface area contributed by atoms with Crippen molar-refractivity contribution in [2.45, 2.75) is 39.0 Å². The van der Waals surface area contributed by atoms with E-state index >= 15 is 0 Å². The van der Waals surface area contributed by atoms with Crippen LogP contribution < -0.4 is 0 Å². The van der Waals surface area contributed by atoms with Gasteiger partial charge in [0.1, 0.15) is 0 Å². The van der Waals surface area contributed by atoms with Gasteiger partial charge in [-0.05, 0) is 68.1 Å². The summed E-state index contributed by atoms with van der Waals surface area (Å²) < 4.78 is 0. The number of rotatable bonds is 4. The summed E-state index contributed by atoms with van der Waals surface area (Å²) in [6.07, 6.45) is 6.30. The molecular weight excluding hydrogens is 194 g/mol. The van der Waals surface area contributed by atoms with Crippen LogP contribution in [0.1, 0.15) is 39.0 Å². The van der Waals surface area contributed by atoms with Gasteiger partial charge in [0.15, 0.2) is 0 Å². The Morgan fingerprint density at radius 2 is 2.19 bits per heavy atom. The summed E-state index contributed by atoms with van der Waals surface area (Å²) in [5.74, 6) is 4.26. The third kappa shape index (κ3) is 1.49. The lowest BCUT2D eigenvalue weighted by Gasteiger charge is -2.28. The van der Waals surface area contributed by atoms with Crippen molar-refractivity contribution in [3.63, 3.8) is 0 Å². The third-order valence-corrected chi connectivity index (χ3v) is 4.89. The van der Waals surface area contributed by atoms with Gasteiger partial charge in [0.05, 0.1) is 0 Å². The number of fused-ring (bicyclic) bond motifs is 1. The Morgan fingerprint density at radius 1 is 1.44 bits per heavy atom. The van der Waals surface area contributed by atoms with Crippen molar-refractivity contribution >= 4 is 6.72 Å². The van der Waals surface area contributed by atoms with Crippen LogP contribution in [0, 0.1) is 23.7 Å². The zero-order chi connectivity index (χ0) is 11.3. The van der Waals surface area contributed by atoms with Gasteiger partial charge >= 0.3 is 0 Å². The number of hydrogen-bond donors (Lipinski definition) is 0. The van der Waals surface area contributed by atoms with Crippen LogP contribution in [0.15, 0.2) is 28.4 Å². The van der Waals surface area contributed by atoms with Gasteiger partial charge in [-0.15, -0.1) is 0 Å². The summed E-state index contributed by atoms with van der Waals surface area (Å²) in [7, 11) is 0. The molecule has 86 valence electrons. The SMILES string of the molecule is C=NC1=C(C(=C)CC)CC(C2C3CC32)CC1. The molecule has 1 nitrogen and oxygen atoms in total. The first kappa shape index (κ1) is 10.3. The molecule has 0 aromatic rings. The van der Waals surface area contributed by atoms with Crippen LogP contribution in [0.25, 0.3) is 0 Å². The lowest BCUT2D eigenvalue weighted by Crippen LogP contribution is -2.16. The molecule has 0 N–H and O–H groups in total. The van der Waals surface area contributed by atoms with Gasteiger partial charge in [-0.2, -0.15) is 0 Å². The molecule has 3 aliphatic carbocycles. The van der Waals surface area contributed by atoms with Gasteiger partial charge in [0, 0.05) is 5.70 Å². The maximum absolute atomic E-state index is 4.21. The minimum absolute atomic E-state index is 0.938. The predicted octanol–water partition coefficient (Wildman–Crippen LogP) is 3.97. The lowest BCUT2D eigenvalue weighted by atomic mass is 9.78. The molecule has 1 heteroatoms. The lowest BCUT2D eigenvalue weighted by molar-refractivity contribution is 0.342. The van der Waals surface area contributed by atoms with Gasteiger partial charge in [-0.1, -0.05) is 19.1 Å². The summed E-state index contributed by atoms with van der Waals surface area (Å²) in [4.78, 5) is 4.21. The van der Waals surface area contributed by atoms with Crippen molar-refractivity contribution in [2.24, 2.45) is 28.7 Å². The summed E-state index contributed by atoms with van der Waals surface area (Å²) in [5, 5.41) is 0. The normalized spacial score (nSPS) is 40.3. The predicted molar refractivity (Wildman–Crippen MR) is 68.4 cm³/mol. The molecule has 2 saturated carbocycles. The van der Waals surface area contributed by atoms with E-state index in [2.05, 4.69) is 25.2 Å². The van der Waals surface area contributed by atoms with Crippen molar-refractivity contribution in [3.05, 3.63) is 23.4 Å². The van der Waals surface area contributed by atoms with E-state index < -0.39 is 0 Å². The Morgan fingerprint density at radius 3 is 2.69 bits per heavy atom. The largest absolute Gasteiger partial charge is 0.269 e. The highest BCUT2D eigenvalue weighted by Crippen LogP contribution is 2.72. The number of nitrogens with zero attached hydrogens (tertiary/aromatic N) is 1. The molecule has 0 aromatic heterocycles. The molecule has 0 spiro atoms. The third-order valence-electron chi connectivity index (χ3n) is 4.89. The molecule has 0 amide bonds. The smallest absolute Gasteiger partial charge is 0.0431 e. The van der Waals surface area contributed by atoms with Crippen LogP contribution in [0.2, 0.25) is 0 Å². The molecule has 3 unspecified atom stereocenters. The average molecular weight is 215 g/mol. The van der Waals surface area contributed by atoms with Crippen molar-refractivity contribution in [3.8, 4) is 0 Å². The fraction of sp³-hybridized carbons (Fsp3) is 0.667.